The minimum atomic E-state index is -4.39. The Morgan fingerprint density at radius 1 is 0.854 bits per heavy atom. The van der Waals surface area contributed by atoms with E-state index in [1.165, 1.54) is 12.1 Å². The number of fused-ring (bicyclic) bond motifs is 3. The van der Waals surface area contributed by atoms with Crippen LogP contribution in [0.2, 0.25) is 0 Å². The first-order valence-corrected chi connectivity index (χ1v) is 12.7. The number of carbonyl (C=O) groups excluding carboxylic acids is 2. The molecule has 2 amide bonds. The Balaban J connectivity index is 0.00000337. The molecule has 5 aromatic rings. The molecule has 4 aromatic carbocycles. The lowest BCUT2D eigenvalue weighted by molar-refractivity contribution is -0.137. The average molecular weight is 577 g/mol. The number of imidazole rings is 1. The van der Waals surface area contributed by atoms with Gasteiger partial charge in [0.1, 0.15) is 12.2 Å². The van der Waals surface area contributed by atoms with E-state index in [0.717, 1.165) is 22.5 Å². The van der Waals surface area contributed by atoms with Crippen LogP contribution in [0, 0.1) is 0 Å². The maximum atomic E-state index is 13.2. The summed E-state index contributed by atoms with van der Waals surface area (Å²) in [7, 11) is 0. The van der Waals surface area contributed by atoms with Crippen molar-refractivity contribution >= 4 is 52.1 Å². The van der Waals surface area contributed by atoms with Crippen molar-refractivity contribution in [1.82, 2.24) is 9.55 Å². The third-order valence-electron chi connectivity index (χ3n) is 6.97. The third kappa shape index (κ3) is 5.53. The lowest BCUT2D eigenvalue weighted by Crippen LogP contribution is -2.26. The van der Waals surface area contributed by atoms with Crippen molar-refractivity contribution in [3.05, 3.63) is 114 Å². The number of alkyl halides is 3. The molecule has 208 valence electrons. The number of hydrogen-bond acceptors (Lipinski definition) is 3. The Hall–Kier alpha value is -4.63. The fourth-order valence-electron chi connectivity index (χ4n) is 5.07. The van der Waals surface area contributed by atoms with Crippen LogP contribution < -0.4 is 10.2 Å². The standard InChI is InChI=1S/C31H23F3N4O2.ClH/c32-31(33,34)22-6-3-4-20(18-22)8-15-27-35-16-17-37(27)23-10-12-24(13-11-23)38-26-14-9-21-5-1-2-7-25(21)30(26)36-28(39)19-29(38)40;/h1-7,9-14,16-18H,8,15,19H2,(H,36,39);1H. The maximum Gasteiger partial charge on any atom is 0.416 e. The van der Waals surface area contributed by atoms with Gasteiger partial charge in [0.2, 0.25) is 11.8 Å². The Morgan fingerprint density at radius 2 is 1.61 bits per heavy atom. The molecule has 6 rings (SSSR count). The van der Waals surface area contributed by atoms with E-state index >= 15 is 0 Å². The number of benzene rings is 4. The molecule has 0 spiro atoms. The summed E-state index contributed by atoms with van der Waals surface area (Å²) in [5.41, 5.74) is 2.48. The van der Waals surface area contributed by atoms with Crippen LogP contribution in [-0.4, -0.2) is 21.4 Å². The van der Waals surface area contributed by atoms with Crippen molar-refractivity contribution in [2.45, 2.75) is 25.4 Å². The normalized spacial score (nSPS) is 13.4. The van der Waals surface area contributed by atoms with E-state index in [0.29, 0.717) is 41.3 Å². The van der Waals surface area contributed by atoms with Crippen LogP contribution in [-0.2, 0) is 28.6 Å². The predicted octanol–water partition coefficient (Wildman–Crippen LogP) is 7.26. The molecule has 2 heterocycles. The number of carbonyl (C=O) groups is 2. The minimum absolute atomic E-state index is 0. The molecule has 0 atom stereocenters. The maximum absolute atomic E-state index is 13.2. The summed E-state index contributed by atoms with van der Waals surface area (Å²) in [6.07, 6.45) is -0.403. The molecule has 6 nitrogen and oxygen atoms in total. The molecule has 0 unspecified atom stereocenters. The zero-order valence-electron chi connectivity index (χ0n) is 21.6. The number of nitrogens with zero attached hydrogens (tertiary/aromatic N) is 3. The van der Waals surface area contributed by atoms with E-state index < -0.39 is 11.7 Å². The second-order valence-electron chi connectivity index (χ2n) is 9.56. The van der Waals surface area contributed by atoms with Crippen LogP contribution in [0.15, 0.2) is 97.3 Å². The molecule has 1 aromatic heterocycles. The van der Waals surface area contributed by atoms with Crippen molar-refractivity contribution < 1.29 is 22.8 Å². The van der Waals surface area contributed by atoms with Crippen LogP contribution >= 0.6 is 12.4 Å². The SMILES string of the molecule is Cl.O=C1CC(=O)N(c2ccc(-n3ccnc3CCc3cccc(C(F)(F)F)c3)cc2)c2ccc3ccccc3c2N1. The number of aryl methyl sites for hydroxylation is 2. The number of aromatic nitrogens is 2. The lowest BCUT2D eigenvalue weighted by atomic mass is 10.1. The quantitative estimate of drug-likeness (QED) is 0.224. The van der Waals surface area contributed by atoms with Gasteiger partial charge in [-0.1, -0.05) is 48.5 Å². The summed E-state index contributed by atoms with van der Waals surface area (Å²) < 4.78 is 41.1. The number of nitrogens with one attached hydrogen (secondary N) is 1. The highest BCUT2D eigenvalue weighted by molar-refractivity contribution is 6.21. The Bertz CT molecular complexity index is 1750. The highest BCUT2D eigenvalue weighted by atomic mass is 35.5. The van der Waals surface area contributed by atoms with Gasteiger partial charge in [0.25, 0.3) is 0 Å². The van der Waals surface area contributed by atoms with Crippen molar-refractivity contribution in [3.8, 4) is 5.69 Å². The summed E-state index contributed by atoms with van der Waals surface area (Å²) in [4.78, 5) is 31.7. The van der Waals surface area contributed by atoms with Gasteiger partial charge in [-0.2, -0.15) is 13.2 Å². The first kappa shape index (κ1) is 27.9. The largest absolute Gasteiger partial charge is 0.416 e. The van der Waals surface area contributed by atoms with Crippen LogP contribution in [0.5, 0.6) is 0 Å². The summed E-state index contributed by atoms with van der Waals surface area (Å²) in [6, 6.07) is 24.0. The second kappa shape index (κ2) is 11.1. The number of halogens is 4. The van der Waals surface area contributed by atoms with E-state index in [2.05, 4.69) is 10.3 Å². The molecule has 0 aliphatic carbocycles. The fourth-order valence-corrected chi connectivity index (χ4v) is 5.07. The molecule has 1 aliphatic heterocycles. The summed E-state index contributed by atoms with van der Waals surface area (Å²) >= 11 is 0. The van der Waals surface area contributed by atoms with Crippen LogP contribution in [0.1, 0.15) is 23.4 Å². The molecule has 0 saturated carbocycles. The van der Waals surface area contributed by atoms with Crippen LogP contribution in [0.25, 0.3) is 16.5 Å². The molecule has 1 aliphatic rings. The van der Waals surface area contributed by atoms with Gasteiger partial charge >= 0.3 is 6.18 Å². The minimum Gasteiger partial charge on any atom is -0.323 e. The fraction of sp³-hybridized carbons (Fsp3) is 0.129. The molecular weight excluding hydrogens is 553 g/mol. The number of amides is 2. The van der Waals surface area contributed by atoms with Gasteiger partial charge in [0.15, 0.2) is 0 Å². The van der Waals surface area contributed by atoms with Gasteiger partial charge in [0.05, 0.1) is 16.9 Å². The Labute approximate surface area is 239 Å². The molecule has 0 radical (unpaired) electrons. The monoisotopic (exact) mass is 576 g/mol. The van der Waals surface area contributed by atoms with E-state index in [9.17, 15) is 22.8 Å². The topological polar surface area (TPSA) is 67.2 Å². The van der Waals surface area contributed by atoms with Gasteiger partial charge in [-0.3, -0.25) is 14.5 Å². The van der Waals surface area contributed by atoms with Gasteiger partial charge in [0, 0.05) is 35.6 Å². The highest BCUT2D eigenvalue weighted by Crippen LogP contribution is 2.40. The van der Waals surface area contributed by atoms with Gasteiger partial charge in [-0.05, 0) is 53.8 Å². The Kier molecular flexibility index (Phi) is 7.55. The van der Waals surface area contributed by atoms with E-state index in [-0.39, 0.29) is 30.6 Å². The van der Waals surface area contributed by atoms with Crippen LogP contribution in [0.4, 0.5) is 30.2 Å². The zero-order chi connectivity index (χ0) is 27.9. The Morgan fingerprint density at radius 3 is 2.39 bits per heavy atom. The molecule has 0 saturated heterocycles. The highest BCUT2D eigenvalue weighted by Gasteiger charge is 2.30. The van der Waals surface area contributed by atoms with E-state index in [1.807, 2.05) is 53.1 Å². The zero-order valence-corrected chi connectivity index (χ0v) is 22.4. The average Bonchev–Trinajstić information content (AvgIpc) is 3.37. The van der Waals surface area contributed by atoms with E-state index in [1.54, 1.807) is 35.5 Å². The number of hydrogen-bond donors (Lipinski definition) is 1. The molecule has 0 bridgehead atoms. The first-order valence-electron chi connectivity index (χ1n) is 12.7. The van der Waals surface area contributed by atoms with Gasteiger partial charge < -0.3 is 9.88 Å². The predicted molar refractivity (Wildman–Crippen MR) is 154 cm³/mol. The number of anilines is 3. The van der Waals surface area contributed by atoms with Crippen molar-refractivity contribution in [2.75, 3.05) is 10.2 Å². The lowest BCUT2D eigenvalue weighted by Gasteiger charge is -2.23. The number of rotatable bonds is 5. The van der Waals surface area contributed by atoms with Gasteiger partial charge in [-0.15, -0.1) is 12.4 Å². The molecule has 1 N–H and O–H groups in total. The molecule has 10 heteroatoms. The van der Waals surface area contributed by atoms with Crippen LogP contribution in [0.3, 0.4) is 0 Å². The van der Waals surface area contributed by atoms with Crippen molar-refractivity contribution in [3.63, 3.8) is 0 Å². The van der Waals surface area contributed by atoms with Crippen molar-refractivity contribution in [2.24, 2.45) is 0 Å². The summed E-state index contributed by atoms with van der Waals surface area (Å²) in [6.45, 7) is 0. The summed E-state index contributed by atoms with van der Waals surface area (Å²) in [5, 5.41) is 4.69. The third-order valence-corrected chi connectivity index (χ3v) is 6.97. The molecule has 41 heavy (non-hydrogen) atoms. The smallest absolute Gasteiger partial charge is 0.323 e. The molecular formula is C31H24ClF3N4O2. The first-order chi connectivity index (χ1) is 19.3. The van der Waals surface area contributed by atoms with E-state index in [4.69, 9.17) is 0 Å². The second-order valence-corrected chi connectivity index (χ2v) is 9.56. The summed E-state index contributed by atoms with van der Waals surface area (Å²) in [5.74, 6) is -0.0168. The van der Waals surface area contributed by atoms with Crippen molar-refractivity contribution in [1.29, 1.82) is 0 Å². The van der Waals surface area contributed by atoms with Gasteiger partial charge in [-0.25, -0.2) is 4.98 Å². The molecule has 0 fully saturated rings.